The highest BCUT2D eigenvalue weighted by molar-refractivity contribution is 7.88. The van der Waals surface area contributed by atoms with Crippen LogP contribution in [0.3, 0.4) is 0 Å². The Morgan fingerprint density at radius 1 is 1.32 bits per heavy atom. The van der Waals surface area contributed by atoms with Crippen molar-refractivity contribution in [3.63, 3.8) is 0 Å². The van der Waals surface area contributed by atoms with E-state index in [-0.39, 0.29) is 11.8 Å². The predicted molar refractivity (Wildman–Crippen MR) is 77.3 cm³/mol. The quantitative estimate of drug-likeness (QED) is 0.909. The van der Waals surface area contributed by atoms with Crippen molar-refractivity contribution < 1.29 is 8.42 Å². The molecule has 0 saturated carbocycles. The summed E-state index contributed by atoms with van der Waals surface area (Å²) in [6.45, 7) is 6.19. The minimum atomic E-state index is -3.24. The lowest BCUT2D eigenvalue weighted by molar-refractivity contribution is 0.217. The summed E-state index contributed by atoms with van der Waals surface area (Å²) in [5.41, 5.74) is 0.850. The minimum Gasteiger partial charge on any atom is -0.314 e. The summed E-state index contributed by atoms with van der Waals surface area (Å²) in [6.07, 6.45) is 0. The SMILES string of the molecule is CC(C)C1CNCCN1S(=O)(=O)Cc1ccccc1. The average Bonchev–Trinajstić information content (AvgIpc) is 2.39. The molecule has 5 heteroatoms. The zero-order valence-corrected chi connectivity index (χ0v) is 12.4. The predicted octanol–water partition coefficient (Wildman–Crippen LogP) is 1.45. The van der Waals surface area contributed by atoms with Gasteiger partial charge in [-0.3, -0.25) is 0 Å². The topological polar surface area (TPSA) is 49.4 Å². The van der Waals surface area contributed by atoms with Gasteiger partial charge in [0.15, 0.2) is 0 Å². The van der Waals surface area contributed by atoms with E-state index in [1.165, 1.54) is 0 Å². The second-order valence-electron chi connectivity index (χ2n) is 5.37. The number of piperazine rings is 1. The van der Waals surface area contributed by atoms with Gasteiger partial charge in [0.1, 0.15) is 0 Å². The smallest absolute Gasteiger partial charge is 0.218 e. The molecule has 0 spiro atoms. The lowest BCUT2D eigenvalue weighted by atomic mass is 10.0. The van der Waals surface area contributed by atoms with Crippen LogP contribution in [0.5, 0.6) is 0 Å². The highest BCUT2D eigenvalue weighted by atomic mass is 32.2. The minimum absolute atomic E-state index is 0.0578. The maximum Gasteiger partial charge on any atom is 0.218 e. The first-order valence-electron chi connectivity index (χ1n) is 6.75. The zero-order valence-electron chi connectivity index (χ0n) is 11.5. The number of hydrogen-bond donors (Lipinski definition) is 1. The molecule has 4 nitrogen and oxygen atoms in total. The molecule has 1 aliphatic rings. The standard InChI is InChI=1S/C14H22N2O2S/c1-12(2)14-10-15-8-9-16(14)19(17,18)11-13-6-4-3-5-7-13/h3-7,12,14-15H,8-11H2,1-2H3. The molecule has 0 radical (unpaired) electrons. The largest absolute Gasteiger partial charge is 0.314 e. The number of sulfonamides is 1. The molecule has 106 valence electrons. The Morgan fingerprint density at radius 3 is 2.63 bits per heavy atom. The molecule has 1 unspecified atom stereocenters. The molecule has 2 rings (SSSR count). The van der Waals surface area contributed by atoms with Crippen LogP contribution in [0.1, 0.15) is 19.4 Å². The molecule has 1 saturated heterocycles. The van der Waals surface area contributed by atoms with E-state index in [2.05, 4.69) is 19.2 Å². The summed E-state index contributed by atoms with van der Waals surface area (Å²) in [5, 5.41) is 3.28. The van der Waals surface area contributed by atoms with Crippen molar-refractivity contribution >= 4 is 10.0 Å². The highest BCUT2D eigenvalue weighted by Crippen LogP contribution is 2.20. The van der Waals surface area contributed by atoms with E-state index in [1.54, 1.807) is 4.31 Å². The Balaban J connectivity index is 2.18. The summed E-state index contributed by atoms with van der Waals surface area (Å²) in [7, 11) is -3.24. The third-order valence-electron chi connectivity index (χ3n) is 3.55. The Hall–Kier alpha value is -0.910. The van der Waals surface area contributed by atoms with Crippen LogP contribution in [-0.4, -0.2) is 38.4 Å². The van der Waals surface area contributed by atoms with Crippen molar-refractivity contribution in [3.8, 4) is 0 Å². The van der Waals surface area contributed by atoms with Crippen molar-refractivity contribution in [3.05, 3.63) is 35.9 Å². The van der Waals surface area contributed by atoms with Gasteiger partial charge in [0.2, 0.25) is 10.0 Å². The van der Waals surface area contributed by atoms with E-state index in [1.807, 2.05) is 30.3 Å². The van der Waals surface area contributed by atoms with Crippen molar-refractivity contribution in [1.82, 2.24) is 9.62 Å². The first kappa shape index (κ1) is 14.5. The van der Waals surface area contributed by atoms with Gasteiger partial charge in [-0.2, -0.15) is 4.31 Å². The van der Waals surface area contributed by atoms with Crippen LogP contribution in [-0.2, 0) is 15.8 Å². The Morgan fingerprint density at radius 2 is 2.00 bits per heavy atom. The van der Waals surface area contributed by atoms with Gasteiger partial charge in [-0.1, -0.05) is 44.2 Å². The fourth-order valence-corrected chi connectivity index (χ4v) is 4.37. The van der Waals surface area contributed by atoms with Gasteiger partial charge in [-0.05, 0) is 11.5 Å². The van der Waals surface area contributed by atoms with Gasteiger partial charge in [-0.15, -0.1) is 0 Å². The number of rotatable bonds is 4. The second kappa shape index (κ2) is 6.03. The number of benzene rings is 1. The molecule has 1 atom stereocenters. The highest BCUT2D eigenvalue weighted by Gasteiger charge is 2.33. The Bertz CT molecular complexity index is 499. The van der Waals surface area contributed by atoms with E-state index in [4.69, 9.17) is 0 Å². The Kier molecular flexibility index (Phi) is 4.60. The van der Waals surface area contributed by atoms with Gasteiger partial charge in [0, 0.05) is 25.7 Å². The van der Waals surface area contributed by atoms with E-state index in [0.29, 0.717) is 12.5 Å². The lowest BCUT2D eigenvalue weighted by Crippen LogP contribution is -2.55. The van der Waals surface area contributed by atoms with E-state index >= 15 is 0 Å². The summed E-state index contributed by atoms with van der Waals surface area (Å²) < 4.78 is 26.8. The van der Waals surface area contributed by atoms with Crippen LogP contribution in [0.2, 0.25) is 0 Å². The van der Waals surface area contributed by atoms with Gasteiger partial charge in [0.25, 0.3) is 0 Å². The Labute approximate surface area is 115 Å². The monoisotopic (exact) mass is 282 g/mol. The van der Waals surface area contributed by atoms with E-state index in [0.717, 1.165) is 18.7 Å². The molecule has 19 heavy (non-hydrogen) atoms. The molecule has 0 aromatic heterocycles. The molecule has 0 amide bonds. The molecule has 1 N–H and O–H groups in total. The molecule has 1 aromatic carbocycles. The van der Waals surface area contributed by atoms with Crippen molar-refractivity contribution in [2.75, 3.05) is 19.6 Å². The summed E-state index contributed by atoms with van der Waals surface area (Å²) in [6, 6.07) is 9.44. The maximum absolute atomic E-state index is 12.6. The molecule has 0 bridgehead atoms. The van der Waals surface area contributed by atoms with Crippen LogP contribution in [0.4, 0.5) is 0 Å². The number of hydrogen-bond acceptors (Lipinski definition) is 3. The summed E-state index contributed by atoms with van der Waals surface area (Å²) in [4.78, 5) is 0. The molecular formula is C14H22N2O2S. The molecule has 1 heterocycles. The molecular weight excluding hydrogens is 260 g/mol. The van der Waals surface area contributed by atoms with Crippen LogP contribution in [0.15, 0.2) is 30.3 Å². The molecule has 1 aliphatic heterocycles. The third kappa shape index (κ3) is 3.55. The first-order chi connectivity index (χ1) is 9.00. The van der Waals surface area contributed by atoms with Gasteiger partial charge < -0.3 is 5.32 Å². The lowest BCUT2D eigenvalue weighted by Gasteiger charge is -2.37. The van der Waals surface area contributed by atoms with Crippen LogP contribution in [0.25, 0.3) is 0 Å². The van der Waals surface area contributed by atoms with Crippen LogP contribution >= 0.6 is 0 Å². The van der Waals surface area contributed by atoms with Gasteiger partial charge in [0.05, 0.1) is 5.75 Å². The number of nitrogens with one attached hydrogen (secondary N) is 1. The fraction of sp³-hybridized carbons (Fsp3) is 0.571. The summed E-state index contributed by atoms with van der Waals surface area (Å²) in [5.74, 6) is 0.412. The average molecular weight is 282 g/mol. The molecule has 1 aromatic rings. The van der Waals surface area contributed by atoms with Crippen molar-refractivity contribution in [1.29, 1.82) is 0 Å². The first-order valence-corrected chi connectivity index (χ1v) is 8.36. The van der Waals surface area contributed by atoms with Gasteiger partial charge in [-0.25, -0.2) is 8.42 Å². The van der Waals surface area contributed by atoms with Gasteiger partial charge >= 0.3 is 0 Å². The maximum atomic E-state index is 12.6. The van der Waals surface area contributed by atoms with E-state index in [9.17, 15) is 8.42 Å². The molecule has 0 aliphatic carbocycles. The van der Waals surface area contributed by atoms with Crippen LogP contribution < -0.4 is 5.32 Å². The van der Waals surface area contributed by atoms with Crippen molar-refractivity contribution in [2.45, 2.75) is 25.6 Å². The van der Waals surface area contributed by atoms with E-state index < -0.39 is 10.0 Å². The zero-order chi connectivity index (χ0) is 13.9. The van der Waals surface area contributed by atoms with Crippen molar-refractivity contribution in [2.24, 2.45) is 5.92 Å². The van der Waals surface area contributed by atoms with Crippen LogP contribution in [0, 0.1) is 5.92 Å². The normalized spacial score (nSPS) is 21.7. The third-order valence-corrected chi connectivity index (χ3v) is 5.42. The molecule has 1 fully saturated rings. The fourth-order valence-electron chi connectivity index (χ4n) is 2.49. The summed E-state index contributed by atoms with van der Waals surface area (Å²) >= 11 is 0. The second-order valence-corrected chi connectivity index (χ2v) is 7.29. The number of nitrogens with zero attached hydrogens (tertiary/aromatic N) is 1.